The van der Waals surface area contributed by atoms with Gasteiger partial charge in [0.25, 0.3) is 6.01 Å². The zero-order valence-corrected chi connectivity index (χ0v) is 7.60. The SMILES string of the molecule is Nc1ncc(-c2cc(F)c(F)c(F)c2F)o1. The first-order chi connectivity index (χ1) is 7.50. The molecule has 0 aliphatic rings. The molecule has 1 aromatic heterocycles. The van der Waals surface area contributed by atoms with E-state index in [-0.39, 0.29) is 11.8 Å². The van der Waals surface area contributed by atoms with E-state index in [0.29, 0.717) is 6.07 Å². The van der Waals surface area contributed by atoms with Crippen LogP contribution < -0.4 is 5.73 Å². The highest BCUT2D eigenvalue weighted by atomic mass is 19.2. The molecule has 0 unspecified atom stereocenters. The van der Waals surface area contributed by atoms with E-state index < -0.39 is 28.8 Å². The van der Waals surface area contributed by atoms with Crippen LogP contribution in [0.1, 0.15) is 0 Å². The fourth-order valence-corrected chi connectivity index (χ4v) is 1.16. The molecule has 3 nitrogen and oxygen atoms in total. The van der Waals surface area contributed by atoms with Gasteiger partial charge in [0.2, 0.25) is 0 Å². The van der Waals surface area contributed by atoms with E-state index in [0.717, 1.165) is 6.20 Å². The summed E-state index contributed by atoms with van der Waals surface area (Å²) in [7, 11) is 0. The van der Waals surface area contributed by atoms with Crippen molar-refractivity contribution in [1.82, 2.24) is 4.98 Å². The van der Waals surface area contributed by atoms with Crippen molar-refractivity contribution in [2.24, 2.45) is 0 Å². The minimum absolute atomic E-state index is 0.284. The standard InChI is InChI=1S/C9H4F4N2O/c10-4-1-3(5-2-15-9(14)16-5)6(11)8(13)7(4)12/h1-2H,(H2,14,15). The highest BCUT2D eigenvalue weighted by Gasteiger charge is 2.21. The molecule has 0 saturated carbocycles. The number of halogens is 4. The van der Waals surface area contributed by atoms with Crippen molar-refractivity contribution < 1.29 is 22.0 Å². The first-order valence-corrected chi connectivity index (χ1v) is 4.05. The number of hydrogen-bond acceptors (Lipinski definition) is 3. The van der Waals surface area contributed by atoms with Gasteiger partial charge in [0.15, 0.2) is 29.0 Å². The molecule has 2 rings (SSSR count). The van der Waals surface area contributed by atoms with Gasteiger partial charge in [-0.2, -0.15) is 0 Å². The summed E-state index contributed by atoms with van der Waals surface area (Å²) in [5.74, 6) is -7.16. The van der Waals surface area contributed by atoms with Crippen LogP contribution in [-0.4, -0.2) is 4.98 Å². The molecule has 7 heteroatoms. The van der Waals surface area contributed by atoms with Crippen molar-refractivity contribution >= 4 is 6.01 Å². The molecule has 0 spiro atoms. The molecule has 0 aliphatic carbocycles. The Morgan fingerprint density at radius 3 is 2.31 bits per heavy atom. The van der Waals surface area contributed by atoms with Gasteiger partial charge in [0.05, 0.1) is 11.8 Å². The Balaban J connectivity index is 2.66. The van der Waals surface area contributed by atoms with Gasteiger partial charge >= 0.3 is 0 Å². The van der Waals surface area contributed by atoms with Gasteiger partial charge in [-0.15, -0.1) is 0 Å². The van der Waals surface area contributed by atoms with Crippen LogP contribution in [0.15, 0.2) is 16.7 Å². The second-order valence-corrected chi connectivity index (χ2v) is 2.91. The molecule has 0 bridgehead atoms. The Morgan fingerprint density at radius 2 is 1.75 bits per heavy atom. The van der Waals surface area contributed by atoms with Crippen LogP contribution in [0.4, 0.5) is 23.6 Å². The van der Waals surface area contributed by atoms with Crippen LogP contribution in [0.25, 0.3) is 11.3 Å². The average Bonchev–Trinajstić information content (AvgIpc) is 2.67. The molecule has 84 valence electrons. The Hall–Kier alpha value is -2.05. The number of hydrogen-bond donors (Lipinski definition) is 1. The number of nitrogens with zero attached hydrogens (tertiary/aromatic N) is 1. The van der Waals surface area contributed by atoms with Gasteiger partial charge in [0.1, 0.15) is 0 Å². The Bertz CT molecular complexity index is 553. The average molecular weight is 232 g/mol. The maximum absolute atomic E-state index is 13.2. The third-order valence-electron chi connectivity index (χ3n) is 1.89. The van der Waals surface area contributed by atoms with E-state index >= 15 is 0 Å². The van der Waals surface area contributed by atoms with Crippen molar-refractivity contribution in [3.63, 3.8) is 0 Å². The summed E-state index contributed by atoms with van der Waals surface area (Å²) in [5.41, 5.74) is 4.53. The van der Waals surface area contributed by atoms with Gasteiger partial charge in [0, 0.05) is 0 Å². The van der Waals surface area contributed by atoms with Crippen molar-refractivity contribution in [2.45, 2.75) is 0 Å². The van der Waals surface area contributed by atoms with E-state index in [4.69, 9.17) is 5.73 Å². The lowest BCUT2D eigenvalue weighted by Crippen LogP contribution is -1.97. The Kier molecular flexibility index (Phi) is 2.30. The Labute approximate surface area is 86.5 Å². The number of nitrogen functional groups attached to an aromatic ring is 1. The van der Waals surface area contributed by atoms with E-state index in [9.17, 15) is 17.6 Å². The van der Waals surface area contributed by atoms with Crippen LogP contribution >= 0.6 is 0 Å². The summed E-state index contributed by atoms with van der Waals surface area (Å²) in [6.07, 6.45) is 0.977. The monoisotopic (exact) mass is 232 g/mol. The molecule has 2 aromatic rings. The maximum atomic E-state index is 13.2. The summed E-state index contributed by atoms with van der Waals surface area (Å²) in [6.45, 7) is 0. The molecular formula is C9H4F4N2O. The van der Waals surface area contributed by atoms with E-state index in [1.807, 2.05) is 0 Å². The predicted molar refractivity (Wildman–Crippen MR) is 46.2 cm³/mol. The van der Waals surface area contributed by atoms with Crippen LogP contribution in [0.5, 0.6) is 0 Å². The van der Waals surface area contributed by atoms with Crippen molar-refractivity contribution in [1.29, 1.82) is 0 Å². The quantitative estimate of drug-likeness (QED) is 0.466. The zero-order chi connectivity index (χ0) is 11.9. The molecule has 0 amide bonds. The molecule has 1 heterocycles. The van der Waals surface area contributed by atoms with Gasteiger partial charge in [-0.3, -0.25) is 0 Å². The second-order valence-electron chi connectivity index (χ2n) is 2.91. The highest BCUT2D eigenvalue weighted by Crippen LogP contribution is 2.28. The Morgan fingerprint density at radius 1 is 1.06 bits per heavy atom. The number of nitrogens with two attached hydrogens (primary N) is 1. The first-order valence-electron chi connectivity index (χ1n) is 4.05. The first kappa shape index (κ1) is 10.5. The highest BCUT2D eigenvalue weighted by molar-refractivity contribution is 5.58. The lowest BCUT2D eigenvalue weighted by atomic mass is 10.1. The van der Waals surface area contributed by atoms with Crippen LogP contribution in [0.3, 0.4) is 0 Å². The normalized spacial score (nSPS) is 10.8. The van der Waals surface area contributed by atoms with Crippen molar-refractivity contribution in [2.75, 3.05) is 5.73 Å². The van der Waals surface area contributed by atoms with Gasteiger partial charge in [-0.25, -0.2) is 22.5 Å². The second kappa shape index (κ2) is 3.51. The lowest BCUT2D eigenvalue weighted by molar-refractivity contribution is 0.409. The fourth-order valence-electron chi connectivity index (χ4n) is 1.16. The predicted octanol–water partition coefficient (Wildman–Crippen LogP) is 2.48. The maximum Gasteiger partial charge on any atom is 0.292 e. The molecule has 16 heavy (non-hydrogen) atoms. The van der Waals surface area contributed by atoms with Crippen molar-refractivity contribution in [3.8, 4) is 11.3 Å². The molecule has 0 radical (unpaired) electrons. The molecule has 0 atom stereocenters. The number of anilines is 1. The van der Waals surface area contributed by atoms with E-state index in [1.54, 1.807) is 0 Å². The number of oxazole rings is 1. The number of rotatable bonds is 1. The van der Waals surface area contributed by atoms with Crippen LogP contribution in [0, 0.1) is 23.3 Å². The van der Waals surface area contributed by atoms with Crippen LogP contribution in [-0.2, 0) is 0 Å². The smallest absolute Gasteiger partial charge is 0.292 e. The van der Waals surface area contributed by atoms with Gasteiger partial charge < -0.3 is 10.2 Å². The zero-order valence-electron chi connectivity index (χ0n) is 7.60. The third kappa shape index (κ3) is 1.50. The van der Waals surface area contributed by atoms with Gasteiger partial charge in [-0.1, -0.05) is 0 Å². The minimum atomic E-state index is -1.91. The molecular weight excluding hydrogens is 228 g/mol. The third-order valence-corrected chi connectivity index (χ3v) is 1.89. The fraction of sp³-hybridized carbons (Fsp3) is 0. The molecule has 0 saturated heterocycles. The summed E-state index contributed by atoms with van der Waals surface area (Å²) < 4.78 is 56.2. The topological polar surface area (TPSA) is 52.0 Å². The van der Waals surface area contributed by atoms with E-state index in [1.165, 1.54) is 0 Å². The minimum Gasteiger partial charge on any atom is -0.424 e. The van der Waals surface area contributed by atoms with Crippen molar-refractivity contribution in [3.05, 3.63) is 35.5 Å². The van der Waals surface area contributed by atoms with E-state index in [2.05, 4.69) is 9.40 Å². The van der Waals surface area contributed by atoms with Gasteiger partial charge in [-0.05, 0) is 6.07 Å². The number of benzene rings is 1. The van der Waals surface area contributed by atoms with Crippen LogP contribution in [0.2, 0.25) is 0 Å². The molecule has 0 fully saturated rings. The lowest BCUT2D eigenvalue weighted by Gasteiger charge is -2.02. The summed E-state index contributed by atoms with van der Waals surface area (Å²) in [4.78, 5) is 3.42. The summed E-state index contributed by atoms with van der Waals surface area (Å²) >= 11 is 0. The number of aromatic nitrogens is 1. The largest absolute Gasteiger partial charge is 0.424 e. The summed E-state index contributed by atoms with van der Waals surface area (Å²) in [6, 6.07) is 0.174. The molecule has 1 aromatic carbocycles. The molecule has 2 N–H and O–H groups in total. The summed E-state index contributed by atoms with van der Waals surface area (Å²) in [5, 5.41) is 0. The molecule has 0 aliphatic heterocycles.